The highest BCUT2D eigenvalue weighted by Gasteiger charge is 2.32. The topological polar surface area (TPSA) is 89.9 Å². The quantitative estimate of drug-likeness (QED) is 0.906. The first-order chi connectivity index (χ1) is 11.2. The van der Waals surface area contributed by atoms with Crippen LogP contribution >= 0.6 is 0 Å². The lowest BCUT2D eigenvalue weighted by atomic mass is 9.90. The molecule has 122 valence electrons. The summed E-state index contributed by atoms with van der Waals surface area (Å²) in [7, 11) is 0. The summed E-state index contributed by atoms with van der Waals surface area (Å²) in [5, 5.41) is 8.08. The molecule has 1 amide bonds. The standard InChI is InChI=1S/C16H22N6O/c1-12-5-4-8-22(15(12)9-17)16(23)14-11-21(20-19-14)10-13-6-2-3-7-18-13/h2-3,6-7,11-12,15H,4-5,8-10,17H2,1H3/t12-,15-/m1/s1. The zero-order valence-electron chi connectivity index (χ0n) is 13.3. The molecule has 0 spiro atoms. The van der Waals surface area contributed by atoms with E-state index in [-0.39, 0.29) is 11.9 Å². The molecule has 0 bridgehead atoms. The van der Waals surface area contributed by atoms with Crippen LogP contribution in [0.5, 0.6) is 0 Å². The normalized spacial score (nSPS) is 21.4. The number of aromatic nitrogens is 4. The Balaban J connectivity index is 1.73. The highest BCUT2D eigenvalue weighted by molar-refractivity contribution is 5.92. The number of hydrogen-bond acceptors (Lipinski definition) is 5. The van der Waals surface area contributed by atoms with Gasteiger partial charge in [-0.3, -0.25) is 9.78 Å². The van der Waals surface area contributed by atoms with Crippen LogP contribution in [0.3, 0.4) is 0 Å². The van der Waals surface area contributed by atoms with Gasteiger partial charge in [0.05, 0.1) is 18.4 Å². The van der Waals surface area contributed by atoms with Crippen molar-refractivity contribution in [2.75, 3.05) is 13.1 Å². The summed E-state index contributed by atoms with van der Waals surface area (Å²) in [6.45, 7) is 3.86. The summed E-state index contributed by atoms with van der Waals surface area (Å²) in [4.78, 5) is 18.8. The number of likely N-dealkylation sites (tertiary alicyclic amines) is 1. The monoisotopic (exact) mass is 314 g/mol. The molecule has 3 rings (SSSR count). The fourth-order valence-corrected chi connectivity index (χ4v) is 3.14. The van der Waals surface area contributed by atoms with Gasteiger partial charge < -0.3 is 10.6 Å². The smallest absolute Gasteiger partial charge is 0.276 e. The van der Waals surface area contributed by atoms with Gasteiger partial charge in [0.25, 0.3) is 5.91 Å². The molecule has 0 aliphatic carbocycles. The van der Waals surface area contributed by atoms with Gasteiger partial charge in [0.2, 0.25) is 0 Å². The van der Waals surface area contributed by atoms with E-state index in [1.165, 1.54) is 0 Å². The van der Waals surface area contributed by atoms with Crippen molar-refractivity contribution in [3.63, 3.8) is 0 Å². The van der Waals surface area contributed by atoms with Crippen LogP contribution in [0.15, 0.2) is 30.6 Å². The molecule has 0 unspecified atom stereocenters. The molecule has 3 heterocycles. The first kappa shape index (κ1) is 15.6. The van der Waals surface area contributed by atoms with Gasteiger partial charge in [0.1, 0.15) is 0 Å². The first-order valence-corrected chi connectivity index (χ1v) is 8.00. The number of hydrogen-bond donors (Lipinski definition) is 1. The third-order valence-corrected chi connectivity index (χ3v) is 4.43. The molecule has 2 N–H and O–H groups in total. The molecule has 23 heavy (non-hydrogen) atoms. The Morgan fingerprint density at radius 1 is 1.43 bits per heavy atom. The summed E-state index contributed by atoms with van der Waals surface area (Å²) in [6, 6.07) is 5.79. The van der Waals surface area contributed by atoms with Crippen LogP contribution in [0.25, 0.3) is 0 Å². The molecular formula is C16H22N6O. The molecule has 0 radical (unpaired) electrons. The maximum Gasteiger partial charge on any atom is 0.276 e. The number of piperidine rings is 1. The van der Waals surface area contributed by atoms with Crippen molar-refractivity contribution in [2.24, 2.45) is 11.7 Å². The van der Waals surface area contributed by atoms with Gasteiger partial charge >= 0.3 is 0 Å². The number of carbonyl (C=O) groups excluding carboxylic acids is 1. The number of rotatable bonds is 4. The van der Waals surface area contributed by atoms with Gasteiger partial charge in [-0.25, -0.2) is 4.68 Å². The van der Waals surface area contributed by atoms with Crippen LogP contribution in [-0.2, 0) is 6.54 Å². The van der Waals surface area contributed by atoms with Crippen LogP contribution in [0.2, 0.25) is 0 Å². The molecule has 0 saturated carbocycles. The van der Waals surface area contributed by atoms with Gasteiger partial charge in [-0.2, -0.15) is 0 Å². The minimum atomic E-state index is -0.0840. The predicted octanol–water partition coefficient (Wildman–Crippen LogP) is 0.921. The Morgan fingerprint density at radius 3 is 3.04 bits per heavy atom. The van der Waals surface area contributed by atoms with E-state index in [1.807, 2.05) is 23.1 Å². The van der Waals surface area contributed by atoms with E-state index < -0.39 is 0 Å². The molecular weight excluding hydrogens is 292 g/mol. The molecule has 1 aliphatic rings. The van der Waals surface area contributed by atoms with E-state index >= 15 is 0 Å². The molecule has 1 aliphatic heterocycles. The fourth-order valence-electron chi connectivity index (χ4n) is 3.14. The minimum Gasteiger partial charge on any atom is -0.333 e. The zero-order valence-corrected chi connectivity index (χ0v) is 13.3. The largest absolute Gasteiger partial charge is 0.333 e. The molecule has 2 atom stereocenters. The lowest BCUT2D eigenvalue weighted by molar-refractivity contribution is 0.0526. The summed E-state index contributed by atoms with van der Waals surface area (Å²) in [5.74, 6) is 0.334. The first-order valence-electron chi connectivity index (χ1n) is 8.00. The van der Waals surface area contributed by atoms with Crippen molar-refractivity contribution in [2.45, 2.75) is 32.4 Å². The van der Waals surface area contributed by atoms with E-state index in [4.69, 9.17) is 5.73 Å². The van der Waals surface area contributed by atoms with E-state index in [9.17, 15) is 4.79 Å². The van der Waals surface area contributed by atoms with Crippen LogP contribution in [0.4, 0.5) is 0 Å². The van der Waals surface area contributed by atoms with Crippen molar-refractivity contribution >= 4 is 5.91 Å². The Labute approximate surface area is 135 Å². The third-order valence-electron chi connectivity index (χ3n) is 4.43. The van der Waals surface area contributed by atoms with Crippen molar-refractivity contribution in [3.05, 3.63) is 42.0 Å². The van der Waals surface area contributed by atoms with E-state index in [2.05, 4.69) is 22.2 Å². The van der Waals surface area contributed by atoms with Crippen molar-refractivity contribution < 1.29 is 4.79 Å². The highest BCUT2D eigenvalue weighted by atomic mass is 16.2. The van der Waals surface area contributed by atoms with E-state index in [0.717, 1.165) is 25.1 Å². The Kier molecular flexibility index (Phi) is 4.66. The highest BCUT2D eigenvalue weighted by Crippen LogP contribution is 2.23. The maximum atomic E-state index is 12.7. The average Bonchev–Trinajstić information content (AvgIpc) is 3.03. The Hall–Kier alpha value is -2.28. The van der Waals surface area contributed by atoms with Gasteiger partial charge in [-0.1, -0.05) is 18.2 Å². The van der Waals surface area contributed by atoms with Gasteiger partial charge in [0, 0.05) is 25.3 Å². The summed E-state index contributed by atoms with van der Waals surface area (Å²) in [6.07, 6.45) is 5.53. The second-order valence-corrected chi connectivity index (χ2v) is 6.04. The van der Waals surface area contributed by atoms with Crippen LogP contribution in [-0.4, -0.2) is 49.9 Å². The fraction of sp³-hybridized carbons (Fsp3) is 0.500. The number of amides is 1. The SMILES string of the molecule is C[C@@H]1CCCN(C(=O)c2cn(Cc3ccccn3)nn2)[C@@H]1CN. The van der Waals surface area contributed by atoms with Gasteiger partial charge in [0.15, 0.2) is 5.69 Å². The Bertz CT molecular complexity index is 656. The van der Waals surface area contributed by atoms with E-state index in [1.54, 1.807) is 17.1 Å². The molecule has 7 nitrogen and oxygen atoms in total. The van der Waals surface area contributed by atoms with Crippen LogP contribution in [0, 0.1) is 5.92 Å². The number of pyridine rings is 1. The lowest BCUT2D eigenvalue weighted by Crippen LogP contribution is -2.51. The lowest BCUT2D eigenvalue weighted by Gasteiger charge is -2.39. The molecule has 0 aromatic carbocycles. The summed E-state index contributed by atoms with van der Waals surface area (Å²) < 4.78 is 1.64. The van der Waals surface area contributed by atoms with Crippen LogP contribution in [0.1, 0.15) is 35.9 Å². The molecule has 1 fully saturated rings. The van der Waals surface area contributed by atoms with Crippen LogP contribution < -0.4 is 5.73 Å². The average molecular weight is 314 g/mol. The second kappa shape index (κ2) is 6.87. The van der Waals surface area contributed by atoms with Crippen molar-refractivity contribution in [1.29, 1.82) is 0 Å². The second-order valence-electron chi connectivity index (χ2n) is 6.04. The molecule has 2 aromatic heterocycles. The molecule has 1 saturated heterocycles. The molecule has 7 heteroatoms. The number of nitrogens with zero attached hydrogens (tertiary/aromatic N) is 5. The van der Waals surface area contributed by atoms with Gasteiger partial charge in [-0.15, -0.1) is 5.10 Å². The molecule has 2 aromatic rings. The maximum absolute atomic E-state index is 12.7. The van der Waals surface area contributed by atoms with Crippen molar-refractivity contribution in [3.8, 4) is 0 Å². The zero-order chi connectivity index (χ0) is 16.2. The number of nitrogens with two attached hydrogens (primary N) is 1. The number of carbonyl (C=O) groups is 1. The predicted molar refractivity (Wildman–Crippen MR) is 85.6 cm³/mol. The Morgan fingerprint density at radius 2 is 2.30 bits per heavy atom. The van der Waals surface area contributed by atoms with Gasteiger partial charge in [-0.05, 0) is 30.9 Å². The van der Waals surface area contributed by atoms with E-state index in [0.29, 0.717) is 24.7 Å². The summed E-state index contributed by atoms with van der Waals surface area (Å²) in [5.41, 5.74) is 7.11. The van der Waals surface area contributed by atoms with Crippen molar-refractivity contribution in [1.82, 2.24) is 24.9 Å². The summed E-state index contributed by atoms with van der Waals surface area (Å²) >= 11 is 0. The third kappa shape index (κ3) is 3.39. The minimum absolute atomic E-state index is 0.0807.